The van der Waals surface area contributed by atoms with Crippen LogP contribution in [0.1, 0.15) is 37.7 Å². The molecule has 0 radical (unpaired) electrons. The highest BCUT2D eigenvalue weighted by Gasteiger charge is 2.32. The van der Waals surface area contributed by atoms with E-state index in [0.29, 0.717) is 6.54 Å². The van der Waals surface area contributed by atoms with E-state index in [1.807, 2.05) is 0 Å². The Balaban J connectivity index is 2.32. The second-order valence-corrected chi connectivity index (χ2v) is 4.44. The van der Waals surface area contributed by atoms with Gasteiger partial charge in [-0.3, -0.25) is 4.98 Å². The average molecular weight is 208 g/mol. The van der Waals surface area contributed by atoms with Gasteiger partial charge in [0.15, 0.2) is 0 Å². The summed E-state index contributed by atoms with van der Waals surface area (Å²) in [5.74, 6) is -0.258. The van der Waals surface area contributed by atoms with Gasteiger partial charge in [-0.05, 0) is 24.5 Å². The second-order valence-electron chi connectivity index (χ2n) is 4.44. The number of halogens is 1. The maximum absolute atomic E-state index is 13.1. The first-order valence-electron chi connectivity index (χ1n) is 5.58. The van der Waals surface area contributed by atoms with Crippen molar-refractivity contribution in [2.45, 2.75) is 37.5 Å². The number of hydrogen-bond acceptors (Lipinski definition) is 2. The van der Waals surface area contributed by atoms with Crippen molar-refractivity contribution in [1.82, 2.24) is 4.98 Å². The fourth-order valence-corrected chi connectivity index (χ4v) is 2.54. The summed E-state index contributed by atoms with van der Waals surface area (Å²) in [6.45, 7) is 0.595. The van der Waals surface area contributed by atoms with Crippen LogP contribution in [0, 0.1) is 5.82 Å². The van der Waals surface area contributed by atoms with Gasteiger partial charge in [0.2, 0.25) is 0 Å². The molecule has 0 spiro atoms. The van der Waals surface area contributed by atoms with Gasteiger partial charge in [-0.1, -0.05) is 19.3 Å². The fraction of sp³-hybridized carbons (Fsp3) is 0.583. The summed E-state index contributed by atoms with van der Waals surface area (Å²) in [6.07, 6.45) is 8.78. The Morgan fingerprint density at radius 3 is 2.60 bits per heavy atom. The van der Waals surface area contributed by atoms with Crippen molar-refractivity contribution in [1.29, 1.82) is 0 Å². The Bertz CT molecular complexity index is 332. The van der Waals surface area contributed by atoms with Gasteiger partial charge >= 0.3 is 0 Å². The first-order chi connectivity index (χ1) is 7.27. The van der Waals surface area contributed by atoms with E-state index in [2.05, 4.69) is 4.98 Å². The molecular weight excluding hydrogens is 191 g/mol. The van der Waals surface area contributed by atoms with Gasteiger partial charge < -0.3 is 5.73 Å². The molecule has 1 aromatic rings. The lowest BCUT2D eigenvalue weighted by atomic mass is 9.70. The molecule has 1 saturated carbocycles. The molecule has 0 aromatic carbocycles. The molecule has 2 N–H and O–H groups in total. The minimum absolute atomic E-state index is 0.0205. The summed E-state index contributed by atoms with van der Waals surface area (Å²) in [7, 11) is 0. The monoisotopic (exact) mass is 208 g/mol. The van der Waals surface area contributed by atoms with E-state index < -0.39 is 0 Å². The van der Waals surface area contributed by atoms with Gasteiger partial charge in [0.25, 0.3) is 0 Å². The zero-order valence-corrected chi connectivity index (χ0v) is 8.88. The van der Waals surface area contributed by atoms with E-state index in [9.17, 15) is 4.39 Å². The summed E-state index contributed by atoms with van der Waals surface area (Å²) < 4.78 is 13.1. The molecule has 2 nitrogen and oxygen atoms in total. The quantitative estimate of drug-likeness (QED) is 0.810. The lowest BCUT2D eigenvalue weighted by Crippen LogP contribution is -2.37. The second kappa shape index (κ2) is 4.27. The molecule has 1 heterocycles. The van der Waals surface area contributed by atoms with Crippen molar-refractivity contribution in [2.75, 3.05) is 6.54 Å². The van der Waals surface area contributed by atoms with Crippen LogP contribution in [0.3, 0.4) is 0 Å². The molecule has 3 heteroatoms. The molecule has 0 unspecified atom stereocenters. The smallest absolute Gasteiger partial charge is 0.141 e. The molecule has 1 aliphatic carbocycles. The van der Waals surface area contributed by atoms with E-state index in [1.165, 1.54) is 25.5 Å². The average Bonchev–Trinajstić information content (AvgIpc) is 2.30. The lowest BCUT2D eigenvalue weighted by molar-refractivity contribution is 0.299. The van der Waals surface area contributed by atoms with Crippen LogP contribution in [0.25, 0.3) is 0 Å². The Kier molecular flexibility index (Phi) is 3.00. The summed E-state index contributed by atoms with van der Waals surface area (Å²) in [4.78, 5) is 3.92. The normalized spacial score (nSPS) is 20.1. The molecule has 15 heavy (non-hydrogen) atoms. The van der Waals surface area contributed by atoms with Crippen molar-refractivity contribution in [3.63, 3.8) is 0 Å². The van der Waals surface area contributed by atoms with Gasteiger partial charge in [0.05, 0.1) is 6.20 Å². The Hall–Kier alpha value is -0.960. The highest BCUT2D eigenvalue weighted by molar-refractivity contribution is 5.23. The number of nitrogens with zero attached hydrogens (tertiary/aromatic N) is 1. The predicted molar refractivity (Wildman–Crippen MR) is 58.0 cm³/mol. The van der Waals surface area contributed by atoms with Crippen LogP contribution >= 0.6 is 0 Å². The van der Waals surface area contributed by atoms with Gasteiger partial charge in [0, 0.05) is 18.2 Å². The van der Waals surface area contributed by atoms with Crippen molar-refractivity contribution in [3.8, 4) is 0 Å². The Morgan fingerprint density at radius 2 is 2.00 bits per heavy atom. The lowest BCUT2D eigenvalue weighted by Gasteiger charge is -2.36. The van der Waals surface area contributed by atoms with Crippen LogP contribution in [0.4, 0.5) is 4.39 Å². The van der Waals surface area contributed by atoms with Crippen LogP contribution in [0.5, 0.6) is 0 Å². The van der Waals surface area contributed by atoms with Gasteiger partial charge in [0.1, 0.15) is 5.82 Å². The van der Waals surface area contributed by atoms with E-state index in [4.69, 9.17) is 5.73 Å². The number of pyridine rings is 1. The standard InChI is InChI=1S/C12H17FN2/c13-11-6-10(7-15-8-11)12(9-14)4-2-1-3-5-12/h6-8H,1-5,9,14H2. The molecule has 1 fully saturated rings. The van der Waals surface area contributed by atoms with Crippen molar-refractivity contribution in [3.05, 3.63) is 29.8 Å². The number of hydrogen-bond donors (Lipinski definition) is 1. The number of nitrogens with two attached hydrogens (primary N) is 1. The molecule has 82 valence electrons. The maximum Gasteiger partial charge on any atom is 0.141 e. The van der Waals surface area contributed by atoms with E-state index in [-0.39, 0.29) is 11.2 Å². The fourth-order valence-electron chi connectivity index (χ4n) is 2.54. The minimum atomic E-state index is -0.258. The third-order valence-electron chi connectivity index (χ3n) is 3.52. The third kappa shape index (κ3) is 2.02. The van der Waals surface area contributed by atoms with Crippen LogP contribution in [-0.4, -0.2) is 11.5 Å². The van der Waals surface area contributed by atoms with E-state index in [1.54, 1.807) is 12.3 Å². The zero-order chi connectivity index (χ0) is 10.7. The number of rotatable bonds is 2. The van der Waals surface area contributed by atoms with Gasteiger partial charge in [-0.25, -0.2) is 4.39 Å². The van der Waals surface area contributed by atoms with Crippen LogP contribution in [0.15, 0.2) is 18.5 Å². The number of aromatic nitrogens is 1. The van der Waals surface area contributed by atoms with E-state index in [0.717, 1.165) is 18.4 Å². The molecule has 0 atom stereocenters. The highest BCUT2D eigenvalue weighted by atomic mass is 19.1. The maximum atomic E-state index is 13.1. The summed E-state index contributed by atoms with van der Waals surface area (Å²) >= 11 is 0. The molecule has 1 aromatic heterocycles. The van der Waals surface area contributed by atoms with Gasteiger partial charge in [-0.15, -0.1) is 0 Å². The topological polar surface area (TPSA) is 38.9 Å². The van der Waals surface area contributed by atoms with Gasteiger partial charge in [-0.2, -0.15) is 0 Å². The SMILES string of the molecule is NCC1(c2cncc(F)c2)CCCCC1. The van der Waals surface area contributed by atoms with Crippen molar-refractivity contribution in [2.24, 2.45) is 5.73 Å². The van der Waals surface area contributed by atoms with Crippen LogP contribution in [-0.2, 0) is 5.41 Å². The molecule has 1 aliphatic rings. The summed E-state index contributed by atoms with van der Waals surface area (Å²) in [5, 5.41) is 0. The minimum Gasteiger partial charge on any atom is -0.330 e. The molecule has 0 bridgehead atoms. The first-order valence-corrected chi connectivity index (χ1v) is 5.58. The third-order valence-corrected chi connectivity index (χ3v) is 3.52. The predicted octanol–water partition coefficient (Wildman–Crippen LogP) is 2.38. The van der Waals surface area contributed by atoms with Crippen LogP contribution < -0.4 is 5.73 Å². The molecule has 0 aliphatic heterocycles. The summed E-state index contributed by atoms with van der Waals surface area (Å²) in [6, 6.07) is 1.59. The summed E-state index contributed by atoms with van der Waals surface area (Å²) in [5.41, 5.74) is 6.83. The molecular formula is C12H17FN2. The highest BCUT2D eigenvalue weighted by Crippen LogP contribution is 2.38. The Labute approximate surface area is 89.7 Å². The van der Waals surface area contributed by atoms with Crippen molar-refractivity contribution >= 4 is 0 Å². The largest absolute Gasteiger partial charge is 0.330 e. The van der Waals surface area contributed by atoms with Crippen molar-refractivity contribution < 1.29 is 4.39 Å². The molecule has 2 rings (SSSR count). The molecule has 0 saturated heterocycles. The first kappa shape index (κ1) is 10.6. The zero-order valence-electron chi connectivity index (χ0n) is 8.88. The van der Waals surface area contributed by atoms with Crippen LogP contribution in [0.2, 0.25) is 0 Å². The van der Waals surface area contributed by atoms with E-state index >= 15 is 0 Å². The molecule has 0 amide bonds. The Morgan fingerprint density at radius 1 is 1.27 bits per heavy atom.